The first-order valence-electron chi connectivity index (χ1n) is 10.6. The maximum Gasteiger partial charge on any atom is 0.257 e. The van der Waals surface area contributed by atoms with Crippen LogP contribution < -0.4 is 14.8 Å². The molecule has 2 heterocycles. The Labute approximate surface area is 206 Å². The number of benzene rings is 2. The fourth-order valence-corrected chi connectivity index (χ4v) is 5.37. The fraction of sp³-hybridized carbons (Fsp3) is 0.292. The summed E-state index contributed by atoms with van der Waals surface area (Å²) in [6.45, 7) is 4.16. The number of morpholine rings is 1. The van der Waals surface area contributed by atoms with E-state index in [0.717, 1.165) is 14.7 Å². The predicted octanol–water partition coefficient (Wildman–Crippen LogP) is 4.34. The van der Waals surface area contributed by atoms with E-state index in [1.54, 1.807) is 49.6 Å². The Bertz CT molecular complexity index is 1170. The molecule has 0 radical (unpaired) electrons. The van der Waals surface area contributed by atoms with E-state index in [1.165, 1.54) is 23.1 Å². The molecule has 4 rings (SSSR count). The number of amides is 2. The number of nitrogens with one attached hydrogen (secondary N) is 1. The van der Waals surface area contributed by atoms with Crippen molar-refractivity contribution in [3.63, 3.8) is 0 Å². The molecule has 0 atom stereocenters. The highest BCUT2D eigenvalue weighted by Crippen LogP contribution is 2.38. The molecule has 10 heteroatoms. The molecule has 1 saturated heterocycles. The number of rotatable bonds is 7. The second-order valence-electron chi connectivity index (χ2n) is 7.49. The van der Waals surface area contributed by atoms with Gasteiger partial charge in [0.15, 0.2) is 5.13 Å². The lowest BCUT2D eigenvalue weighted by molar-refractivity contribution is 0.0300. The molecule has 1 N–H and O–H groups in total. The van der Waals surface area contributed by atoms with E-state index >= 15 is 0 Å². The predicted molar refractivity (Wildman–Crippen MR) is 132 cm³/mol. The van der Waals surface area contributed by atoms with Crippen LogP contribution in [-0.4, -0.2) is 62.2 Å². The van der Waals surface area contributed by atoms with E-state index < -0.39 is 0 Å². The highest BCUT2D eigenvalue weighted by Gasteiger charge is 2.23. The van der Waals surface area contributed by atoms with Crippen LogP contribution in [0.15, 0.2) is 51.7 Å². The van der Waals surface area contributed by atoms with Crippen molar-refractivity contribution < 1.29 is 23.8 Å². The summed E-state index contributed by atoms with van der Waals surface area (Å²) in [5.74, 6) is 0.923. The maximum absolute atomic E-state index is 13.1. The van der Waals surface area contributed by atoms with Gasteiger partial charge in [-0.2, -0.15) is 0 Å². The van der Waals surface area contributed by atoms with Gasteiger partial charge in [-0.3, -0.25) is 14.9 Å². The summed E-state index contributed by atoms with van der Waals surface area (Å²) in [5.41, 5.74) is 2.02. The van der Waals surface area contributed by atoms with Crippen molar-refractivity contribution in [1.82, 2.24) is 9.88 Å². The molecule has 2 amide bonds. The highest BCUT2D eigenvalue weighted by atomic mass is 32.2. The first kappa shape index (κ1) is 24.1. The van der Waals surface area contributed by atoms with Crippen LogP contribution in [0.1, 0.15) is 26.3 Å². The Morgan fingerprint density at radius 1 is 1.12 bits per heavy atom. The van der Waals surface area contributed by atoms with Gasteiger partial charge in [-0.25, -0.2) is 4.98 Å². The number of hydrogen-bond acceptors (Lipinski definition) is 8. The van der Waals surface area contributed by atoms with Gasteiger partial charge in [0.2, 0.25) is 0 Å². The molecule has 34 heavy (non-hydrogen) atoms. The Morgan fingerprint density at radius 3 is 2.53 bits per heavy atom. The number of carbonyl (C=O) groups excluding carboxylic acids is 2. The van der Waals surface area contributed by atoms with E-state index in [2.05, 4.69) is 10.3 Å². The zero-order chi connectivity index (χ0) is 24.1. The first-order chi connectivity index (χ1) is 16.5. The van der Waals surface area contributed by atoms with E-state index in [0.29, 0.717) is 54.1 Å². The van der Waals surface area contributed by atoms with Crippen molar-refractivity contribution in [3.05, 3.63) is 59.3 Å². The molecule has 1 aromatic heterocycles. The molecule has 2 aromatic carbocycles. The van der Waals surface area contributed by atoms with Crippen molar-refractivity contribution in [2.45, 2.75) is 16.0 Å². The number of aromatic nitrogens is 1. The zero-order valence-corrected chi connectivity index (χ0v) is 20.8. The van der Waals surface area contributed by atoms with Crippen LogP contribution >= 0.6 is 23.1 Å². The van der Waals surface area contributed by atoms with Crippen molar-refractivity contribution in [1.29, 1.82) is 0 Å². The van der Waals surface area contributed by atoms with E-state index in [9.17, 15) is 9.59 Å². The number of methoxy groups -OCH3 is 2. The number of ether oxygens (including phenoxy) is 3. The number of hydrogen-bond donors (Lipinski definition) is 1. The SMILES string of the molecule is COc1ccc(C(=O)Nc2ncc(Sc3cc(C(=O)N4CCOCC4)c(OC)cc3C)s2)cc1. The molecule has 0 unspecified atom stereocenters. The number of thiazole rings is 1. The van der Waals surface area contributed by atoms with Crippen LogP contribution in [0.3, 0.4) is 0 Å². The minimum atomic E-state index is -0.243. The minimum absolute atomic E-state index is 0.0706. The molecule has 1 aliphatic rings. The van der Waals surface area contributed by atoms with Gasteiger partial charge >= 0.3 is 0 Å². The summed E-state index contributed by atoms with van der Waals surface area (Å²) < 4.78 is 16.9. The largest absolute Gasteiger partial charge is 0.497 e. The van der Waals surface area contributed by atoms with Crippen LogP contribution in [0.2, 0.25) is 0 Å². The number of carbonyl (C=O) groups is 2. The summed E-state index contributed by atoms with van der Waals surface area (Å²) in [4.78, 5) is 32.7. The van der Waals surface area contributed by atoms with Crippen LogP contribution in [-0.2, 0) is 4.74 Å². The van der Waals surface area contributed by atoms with Gasteiger partial charge in [0.1, 0.15) is 11.5 Å². The smallest absolute Gasteiger partial charge is 0.257 e. The van der Waals surface area contributed by atoms with Crippen LogP contribution in [0.25, 0.3) is 0 Å². The molecule has 0 aliphatic carbocycles. The van der Waals surface area contributed by atoms with Gasteiger partial charge < -0.3 is 19.1 Å². The summed E-state index contributed by atoms with van der Waals surface area (Å²) in [7, 11) is 3.15. The molecule has 1 aliphatic heterocycles. The van der Waals surface area contributed by atoms with Gasteiger partial charge in [0, 0.05) is 23.5 Å². The average Bonchev–Trinajstić information content (AvgIpc) is 3.31. The molecule has 3 aromatic rings. The van der Waals surface area contributed by atoms with Crippen LogP contribution in [0, 0.1) is 6.92 Å². The van der Waals surface area contributed by atoms with Gasteiger partial charge in [0.05, 0.1) is 43.4 Å². The van der Waals surface area contributed by atoms with Gasteiger partial charge in [-0.05, 0) is 48.9 Å². The fourth-order valence-electron chi connectivity index (χ4n) is 3.43. The summed E-state index contributed by atoms with van der Waals surface area (Å²) in [6.07, 6.45) is 1.71. The van der Waals surface area contributed by atoms with Gasteiger partial charge in [-0.15, -0.1) is 0 Å². The molecular weight excluding hydrogens is 474 g/mol. The Balaban J connectivity index is 1.49. The van der Waals surface area contributed by atoms with Crippen molar-refractivity contribution in [3.8, 4) is 11.5 Å². The molecule has 0 saturated carbocycles. The quantitative estimate of drug-likeness (QED) is 0.517. The number of aryl methyl sites for hydroxylation is 1. The van der Waals surface area contributed by atoms with E-state index in [1.807, 2.05) is 19.1 Å². The highest BCUT2D eigenvalue weighted by molar-refractivity contribution is 8.01. The Kier molecular flexibility index (Phi) is 7.71. The lowest BCUT2D eigenvalue weighted by Crippen LogP contribution is -2.40. The van der Waals surface area contributed by atoms with Crippen LogP contribution in [0.4, 0.5) is 5.13 Å². The average molecular weight is 500 g/mol. The number of nitrogens with zero attached hydrogens (tertiary/aromatic N) is 2. The monoisotopic (exact) mass is 499 g/mol. The topological polar surface area (TPSA) is 90.0 Å². The molecule has 178 valence electrons. The standard InChI is InChI=1S/C24H25N3O5S2/c1-15-12-19(31-3)18(23(29)27-8-10-32-11-9-27)13-20(15)33-21-14-25-24(34-21)26-22(28)16-4-6-17(30-2)7-5-16/h4-7,12-14H,8-11H2,1-3H3,(H,25,26,28). The Hall–Kier alpha value is -3.08. The Morgan fingerprint density at radius 2 is 1.85 bits per heavy atom. The lowest BCUT2D eigenvalue weighted by Gasteiger charge is -2.27. The zero-order valence-electron chi connectivity index (χ0n) is 19.1. The lowest BCUT2D eigenvalue weighted by atomic mass is 10.1. The van der Waals surface area contributed by atoms with Crippen molar-refractivity contribution >= 4 is 40.0 Å². The summed E-state index contributed by atoms with van der Waals surface area (Å²) in [6, 6.07) is 10.6. The van der Waals surface area contributed by atoms with Gasteiger partial charge in [-0.1, -0.05) is 23.1 Å². The first-order valence-corrected chi connectivity index (χ1v) is 12.3. The van der Waals surface area contributed by atoms with Crippen molar-refractivity contribution in [2.75, 3.05) is 45.8 Å². The third kappa shape index (κ3) is 5.52. The molecule has 8 nitrogen and oxygen atoms in total. The molecule has 0 bridgehead atoms. The second kappa shape index (κ2) is 10.9. The van der Waals surface area contributed by atoms with Crippen molar-refractivity contribution in [2.24, 2.45) is 0 Å². The third-order valence-corrected chi connectivity index (χ3v) is 7.47. The van der Waals surface area contributed by atoms with Crippen LogP contribution in [0.5, 0.6) is 11.5 Å². The summed E-state index contributed by atoms with van der Waals surface area (Å²) >= 11 is 2.87. The van der Waals surface area contributed by atoms with E-state index in [4.69, 9.17) is 14.2 Å². The number of anilines is 1. The van der Waals surface area contributed by atoms with E-state index in [-0.39, 0.29) is 11.8 Å². The maximum atomic E-state index is 13.1. The van der Waals surface area contributed by atoms with Gasteiger partial charge in [0.25, 0.3) is 11.8 Å². The second-order valence-corrected chi connectivity index (χ2v) is 9.86. The summed E-state index contributed by atoms with van der Waals surface area (Å²) in [5, 5.41) is 3.33. The molecule has 1 fully saturated rings. The third-order valence-electron chi connectivity index (χ3n) is 5.29. The molecular formula is C24H25N3O5S2. The normalized spacial score (nSPS) is 13.4. The molecule has 0 spiro atoms. The minimum Gasteiger partial charge on any atom is -0.497 e.